The second-order valence-corrected chi connectivity index (χ2v) is 5.89. The third-order valence-electron chi connectivity index (χ3n) is 2.85. The van der Waals surface area contributed by atoms with Crippen LogP contribution in [0, 0.1) is 0 Å². The average molecular weight is 337 g/mol. The van der Waals surface area contributed by atoms with Gasteiger partial charge in [0, 0.05) is 31.0 Å². The van der Waals surface area contributed by atoms with Crippen LogP contribution in [0.1, 0.15) is 0 Å². The van der Waals surface area contributed by atoms with Crippen LogP contribution in [0.15, 0.2) is 55.0 Å². The van der Waals surface area contributed by atoms with Gasteiger partial charge in [-0.3, -0.25) is 0 Å². The van der Waals surface area contributed by atoms with E-state index in [2.05, 4.69) is 64.5 Å². The first-order valence-corrected chi connectivity index (χ1v) is 6.50. The highest BCUT2D eigenvalue weighted by Crippen LogP contribution is 2.32. The van der Waals surface area contributed by atoms with Gasteiger partial charge in [0.05, 0.1) is 5.52 Å². The Morgan fingerprint density at radius 1 is 1.18 bits per heavy atom. The van der Waals surface area contributed by atoms with Crippen LogP contribution >= 0.6 is 22.6 Å². The molecule has 4 heteroatoms. The van der Waals surface area contributed by atoms with Gasteiger partial charge in [-0.05, 0) is 40.8 Å². The molecule has 1 aromatic carbocycles. The van der Waals surface area contributed by atoms with Crippen LogP contribution in [0.2, 0.25) is 0 Å². The Labute approximate surface area is 114 Å². The van der Waals surface area contributed by atoms with Gasteiger partial charge in [-0.1, -0.05) is 18.2 Å². The molecule has 2 aromatic rings. The zero-order valence-corrected chi connectivity index (χ0v) is 11.6. The van der Waals surface area contributed by atoms with Crippen LogP contribution in [-0.4, -0.2) is 21.7 Å². The average Bonchev–Trinajstić information content (AvgIpc) is 2.77. The lowest BCUT2D eigenvalue weighted by atomic mass is 10.2. The van der Waals surface area contributed by atoms with Crippen LogP contribution in [-0.2, 0) is 3.55 Å². The molecule has 17 heavy (non-hydrogen) atoms. The van der Waals surface area contributed by atoms with Gasteiger partial charge < -0.3 is 4.90 Å². The van der Waals surface area contributed by atoms with Crippen molar-refractivity contribution >= 4 is 33.5 Å². The van der Waals surface area contributed by atoms with E-state index < -0.39 is 0 Å². The Kier molecular flexibility index (Phi) is 2.47. The van der Waals surface area contributed by atoms with Crippen LogP contribution in [0.5, 0.6) is 0 Å². The summed E-state index contributed by atoms with van der Waals surface area (Å²) in [5.74, 6) is 0. The topological polar surface area (TPSA) is 21.1 Å². The predicted molar refractivity (Wildman–Crippen MR) is 77.8 cm³/mol. The number of hydrogen-bond donors (Lipinski definition) is 0. The molecular weight excluding hydrogens is 325 g/mol. The first kappa shape index (κ1) is 10.8. The molecule has 0 radical (unpaired) electrons. The third kappa shape index (κ3) is 1.86. The fraction of sp³-hybridized carbons (Fsp3) is 0.154. The number of allylic oxidation sites excluding steroid dienone is 2. The van der Waals surface area contributed by atoms with Crippen molar-refractivity contribution in [2.75, 3.05) is 7.05 Å². The van der Waals surface area contributed by atoms with Crippen molar-refractivity contribution in [2.24, 2.45) is 0 Å². The molecule has 3 nitrogen and oxygen atoms in total. The molecule has 0 unspecified atom stereocenters. The maximum atomic E-state index is 4.62. The molecular formula is C13H12IN3. The number of fused-ring (bicyclic) bond motifs is 1. The van der Waals surface area contributed by atoms with Crippen LogP contribution < -0.4 is 0 Å². The fourth-order valence-corrected chi connectivity index (χ4v) is 2.41. The summed E-state index contributed by atoms with van der Waals surface area (Å²) in [4.78, 5) is 2.03. The smallest absolute Gasteiger partial charge is 0.153 e. The molecule has 0 spiro atoms. The fourth-order valence-electron chi connectivity index (χ4n) is 1.84. The largest absolute Gasteiger partial charge is 0.358 e. The quantitative estimate of drug-likeness (QED) is 0.589. The molecule has 0 N–H and O–H groups in total. The summed E-state index contributed by atoms with van der Waals surface area (Å²) in [5.41, 5.74) is 1.03. The van der Waals surface area contributed by atoms with E-state index in [1.165, 1.54) is 5.39 Å². The van der Waals surface area contributed by atoms with Crippen molar-refractivity contribution in [3.8, 4) is 0 Å². The van der Waals surface area contributed by atoms with Gasteiger partial charge in [-0.15, -0.1) is 0 Å². The Balaban J connectivity index is 2.09. The van der Waals surface area contributed by atoms with Gasteiger partial charge in [0.25, 0.3) is 0 Å². The van der Waals surface area contributed by atoms with E-state index in [4.69, 9.17) is 0 Å². The molecule has 1 aliphatic rings. The van der Waals surface area contributed by atoms with Crippen molar-refractivity contribution in [1.29, 1.82) is 0 Å². The minimum absolute atomic E-state index is 0.205. The molecule has 1 aromatic heterocycles. The molecule has 0 aliphatic carbocycles. The highest BCUT2D eigenvalue weighted by Gasteiger charge is 2.25. The SMILES string of the molecule is CN1C=CC(I)(n2cc3ccccc3n2)C=C1. The third-order valence-corrected chi connectivity index (χ3v) is 4.07. The van der Waals surface area contributed by atoms with E-state index in [0.717, 1.165) is 5.52 Å². The normalized spacial score (nSPS) is 17.9. The summed E-state index contributed by atoms with van der Waals surface area (Å²) >= 11 is 2.40. The molecule has 3 rings (SSSR count). The van der Waals surface area contributed by atoms with Crippen LogP contribution in [0.25, 0.3) is 10.9 Å². The first-order valence-electron chi connectivity index (χ1n) is 5.42. The minimum atomic E-state index is -0.205. The van der Waals surface area contributed by atoms with Crippen molar-refractivity contribution in [3.63, 3.8) is 0 Å². The molecule has 0 saturated carbocycles. The highest BCUT2D eigenvalue weighted by atomic mass is 127. The van der Waals surface area contributed by atoms with Gasteiger partial charge in [0.1, 0.15) is 0 Å². The second-order valence-electron chi connectivity index (χ2n) is 4.16. The van der Waals surface area contributed by atoms with E-state index in [1.54, 1.807) is 0 Å². The van der Waals surface area contributed by atoms with Crippen LogP contribution in [0.3, 0.4) is 0 Å². The minimum Gasteiger partial charge on any atom is -0.358 e. The summed E-state index contributed by atoms with van der Waals surface area (Å²) in [6.45, 7) is 0. The lowest BCUT2D eigenvalue weighted by Crippen LogP contribution is -2.26. The monoisotopic (exact) mass is 337 g/mol. The number of benzene rings is 1. The molecule has 0 fully saturated rings. The number of nitrogens with zero attached hydrogens (tertiary/aromatic N) is 3. The predicted octanol–water partition coefficient (Wildman–Crippen LogP) is 3.10. The zero-order valence-electron chi connectivity index (χ0n) is 9.42. The highest BCUT2D eigenvalue weighted by molar-refractivity contribution is 14.1. The number of halogens is 1. The van der Waals surface area contributed by atoms with Crippen LogP contribution in [0.4, 0.5) is 0 Å². The van der Waals surface area contributed by atoms with Crippen molar-refractivity contribution in [1.82, 2.24) is 14.7 Å². The van der Waals surface area contributed by atoms with E-state index in [0.29, 0.717) is 0 Å². The lowest BCUT2D eigenvalue weighted by molar-refractivity contribution is 0.541. The van der Waals surface area contributed by atoms with Gasteiger partial charge in [0.15, 0.2) is 3.55 Å². The van der Waals surface area contributed by atoms with Crippen molar-refractivity contribution in [2.45, 2.75) is 3.55 Å². The Hall–Kier alpha value is -1.30. The van der Waals surface area contributed by atoms with Gasteiger partial charge >= 0.3 is 0 Å². The molecule has 1 aliphatic heterocycles. The van der Waals surface area contributed by atoms with Gasteiger partial charge in [-0.2, -0.15) is 5.10 Å². The Morgan fingerprint density at radius 3 is 2.59 bits per heavy atom. The standard InChI is InChI=1S/C13H12IN3/c1-16-8-6-13(14,7-9-16)17-10-11-4-2-3-5-12(11)15-17/h2-10H,1H3. The molecule has 0 amide bonds. The van der Waals surface area contributed by atoms with E-state index >= 15 is 0 Å². The summed E-state index contributed by atoms with van der Waals surface area (Å²) in [7, 11) is 2.02. The summed E-state index contributed by atoms with van der Waals surface area (Å²) in [6, 6.07) is 8.17. The lowest BCUT2D eigenvalue weighted by Gasteiger charge is -2.25. The Morgan fingerprint density at radius 2 is 1.88 bits per heavy atom. The summed E-state index contributed by atoms with van der Waals surface area (Å²) in [6.07, 6.45) is 10.5. The zero-order chi connectivity index (χ0) is 11.9. The summed E-state index contributed by atoms with van der Waals surface area (Å²) in [5, 5.41) is 5.79. The number of aromatic nitrogens is 2. The molecule has 0 atom stereocenters. The molecule has 86 valence electrons. The molecule has 0 saturated heterocycles. The van der Waals surface area contributed by atoms with Crippen molar-refractivity contribution in [3.05, 3.63) is 55.0 Å². The maximum Gasteiger partial charge on any atom is 0.153 e. The summed E-state index contributed by atoms with van der Waals surface area (Å²) < 4.78 is 1.79. The number of hydrogen-bond acceptors (Lipinski definition) is 2. The van der Waals surface area contributed by atoms with Gasteiger partial charge in [-0.25, -0.2) is 4.68 Å². The van der Waals surface area contributed by atoms with Crippen molar-refractivity contribution < 1.29 is 0 Å². The molecule has 2 heterocycles. The first-order chi connectivity index (χ1) is 8.17. The number of alkyl halides is 1. The maximum absolute atomic E-state index is 4.62. The number of rotatable bonds is 1. The Bertz CT molecular complexity index is 565. The molecule has 0 bridgehead atoms. The van der Waals surface area contributed by atoms with E-state index in [9.17, 15) is 0 Å². The van der Waals surface area contributed by atoms with E-state index in [1.807, 2.05) is 34.8 Å². The van der Waals surface area contributed by atoms with E-state index in [-0.39, 0.29) is 3.55 Å². The second kappa shape index (κ2) is 3.87. The van der Waals surface area contributed by atoms with Gasteiger partial charge in [0.2, 0.25) is 0 Å².